The van der Waals surface area contributed by atoms with Crippen molar-refractivity contribution < 1.29 is 14.4 Å². The summed E-state index contributed by atoms with van der Waals surface area (Å²) in [5.41, 5.74) is 0. The number of amides is 3. The van der Waals surface area contributed by atoms with Gasteiger partial charge in [-0.15, -0.1) is 0 Å². The van der Waals surface area contributed by atoms with E-state index in [9.17, 15) is 14.4 Å². The van der Waals surface area contributed by atoms with Crippen molar-refractivity contribution in [2.75, 3.05) is 13.1 Å². The largest absolute Gasteiger partial charge is 0.341 e. The minimum atomic E-state index is -0.655. The minimum Gasteiger partial charge on any atom is -0.341 e. The number of piperidine rings is 1. The highest BCUT2D eigenvalue weighted by Gasteiger charge is 2.58. The average Bonchev–Trinajstić information content (AvgIpc) is 2.89. The van der Waals surface area contributed by atoms with Crippen molar-refractivity contribution in [1.82, 2.24) is 9.80 Å². The Morgan fingerprint density at radius 2 is 1.52 bits per heavy atom. The van der Waals surface area contributed by atoms with E-state index in [4.69, 9.17) is 0 Å². The molecule has 5 atom stereocenters. The number of hydrogen-bond donors (Lipinski definition) is 0. The number of nitrogens with zero attached hydrogens (tertiary/aromatic N) is 2. The lowest BCUT2D eigenvalue weighted by Gasteiger charge is -2.38. The first kappa shape index (κ1) is 14.9. The molecule has 2 saturated heterocycles. The van der Waals surface area contributed by atoms with Gasteiger partial charge in [0.1, 0.15) is 6.04 Å². The Kier molecular flexibility index (Phi) is 3.54. The van der Waals surface area contributed by atoms with Crippen molar-refractivity contribution in [1.29, 1.82) is 0 Å². The van der Waals surface area contributed by atoms with Crippen molar-refractivity contribution in [3.8, 4) is 0 Å². The number of likely N-dealkylation sites (tertiary alicyclic amines) is 2. The Bertz CT molecular complexity index is 547. The smallest absolute Gasteiger partial charge is 0.245 e. The van der Waals surface area contributed by atoms with Crippen LogP contribution in [0.4, 0.5) is 0 Å². The molecule has 2 heterocycles. The first-order valence-corrected chi connectivity index (χ1v) is 8.93. The Hall–Kier alpha value is -1.65. The van der Waals surface area contributed by atoms with E-state index >= 15 is 0 Å². The van der Waals surface area contributed by atoms with Crippen LogP contribution in [0.5, 0.6) is 0 Å². The number of rotatable bonds is 2. The molecular formula is C18H24N2O3. The molecule has 3 fully saturated rings. The molecule has 3 amide bonds. The average molecular weight is 316 g/mol. The molecule has 5 aliphatic rings. The molecule has 0 aromatic carbocycles. The monoisotopic (exact) mass is 316 g/mol. The van der Waals surface area contributed by atoms with Crippen LogP contribution < -0.4 is 0 Å². The standard InChI is InChI=1S/C18H24N2O3/c1-11(16(21)19-9-3-2-4-10-19)20-17(22)14-12-5-6-13(8-7-12)15(14)18(20)23/h5-6,11-15H,2-4,7-10H2,1H3/t11-,12+,13+,14+,15+/m1/s1. The third-order valence-electron chi connectivity index (χ3n) is 6.21. The van der Waals surface area contributed by atoms with Gasteiger partial charge in [-0.2, -0.15) is 0 Å². The van der Waals surface area contributed by atoms with Crippen LogP contribution in [-0.4, -0.2) is 46.7 Å². The quantitative estimate of drug-likeness (QED) is 0.574. The molecule has 0 spiro atoms. The highest BCUT2D eigenvalue weighted by atomic mass is 16.2. The Balaban J connectivity index is 1.56. The van der Waals surface area contributed by atoms with Crippen LogP contribution in [-0.2, 0) is 14.4 Å². The molecule has 5 rings (SSSR count). The topological polar surface area (TPSA) is 57.7 Å². The van der Waals surface area contributed by atoms with E-state index in [1.165, 1.54) is 4.90 Å². The summed E-state index contributed by atoms with van der Waals surface area (Å²) >= 11 is 0. The molecule has 0 N–H and O–H groups in total. The summed E-state index contributed by atoms with van der Waals surface area (Å²) < 4.78 is 0. The van der Waals surface area contributed by atoms with Crippen molar-refractivity contribution in [2.45, 2.75) is 45.1 Å². The van der Waals surface area contributed by atoms with Gasteiger partial charge in [0.05, 0.1) is 11.8 Å². The van der Waals surface area contributed by atoms with Crippen LogP contribution in [0, 0.1) is 23.7 Å². The molecule has 0 radical (unpaired) electrons. The van der Waals surface area contributed by atoms with E-state index < -0.39 is 6.04 Å². The van der Waals surface area contributed by atoms with Gasteiger partial charge in [-0.1, -0.05) is 12.2 Å². The molecule has 1 saturated carbocycles. The predicted octanol–water partition coefficient (Wildman–Crippen LogP) is 1.58. The summed E-state index contributed by atoms with van der Waals surface area (Å²) in [6, 6.07) is -0.655. The number of fused-ring (bicyclic) bond motifs is 1. The van der Waals surface area contributed by atoms with E-state index in [1.54, 1.807) is 6.92 Å². The van der Waals surface area contributed by atoms with Gasteiger partial charge >= 0.3 is 0 Å². The Morgan fingerprint density at radius 1 is 1.00 bits per heavy atom. The molecule has 0 unspecified atom stereocenters. The summed E-state index contributed by atoms with van der Waals surface area (Å²) in [5, 5.41) is 0. The van der Waals surface area contributed by atoms with Gasteiger partial charge in [0.2, 0.25) is 17.7 Å². The van der Waals surface area contributed by atoms with Crippen LogP contribution in [0.15, 0.2) is 12.2 Å². The van der Waals surface area contributed by atoms with Gasteiger partial charge in [-0.3, -0.25) is 19.3 Å². The van der Waals surface area contributed by atoms with Crippen LogP contribution in [0.1, 0.15) is 39.0 Å². The van der Waals surface area contributed by atoms with E-state index in [1.807, 2.05) is 4.90 Å². The number of hydrogen-bond acceptors (Lipinski definition) is 3. The lowest BCUT2D eigenvalue weighted by atomic mass is 9.63. The molecule has 23 heavy (non-hydrogen) atoms. The number of allylic oxidation sites excluding steroid dienone is 2. The van der Waals surface area contributed by atoms with Crippen LogP contribution >= 0.6 is 0 Å². The zero-order valence-electron chi connectivity index (χ0n) is 13.6. The van der Waals surface area contributed by atoms with Crippen molar-refractivity contribution in [2.24, 2.45) is 23.7 Å². The molecule has 0 aromatic rings. The molecule has 2 aliphatic heterocycles. The Labute approximate surface area is 136 Å². The van der Waals surface area contributed by atoms with Gasteiger partial charge in [-0.25, -0.2) is 0 Å². The SMILES string of the molecule is C[C@H](C(=O)N1CCCCC1)N1C(=O)[C@@H]2[C@@H](C1=O)[C@H]1C=C[C@H]2CC1. The lowest BCUT2D eigenvalue weighted by molar-refractivity contribution is -0.151. The van der Waals surface area contributed by atoms with Crippen molar-refractivity contribution >= 4 is 17.7 Å². The summed E-state index contributed by atoms with van der Waals surface area (Å²) in [6.07, 6.45) is 9.38. The fourth-order valence-electron chi connectivity index (χ4n) is 4.97. The molecule has 5 heteroatoms. The second-order valence-electron chi connectivity index (χ2n) is 7.45. The zero-order chi connectivity index (χ0) is 16.1. The zero-order valence-corrected chi connectivity index (χ0v) is 13.6. The maximum absolute atomic E-state index is 12.9. The normalized spacial score (nSPS) is 37.3. The summed E-state index contributed by atoms with van der Waals surface area (Å²) in [7, 11) is 0. The van der Waals surface area contributed by atoms with E-state index in [0.29, 0.717) is 0 Å². The van der Waals surface area contributed by atoms with E-state index in [-0.39, 0.29) is 41.4 Å². The highest BCUT2D eigenvalue weighted by Crippen LogP contribution is 2.50. The van der Waals surface area contributed by atoms with Gasteiger partial charge in [0, 0.05) is 13.1 Å². The second kappa shape index (κ2) is 5.46. The fourth-order valence-corrected chi connectivity index (χ4v) is 4.97. The van der Waals surface area contributed by atoms with E-state index in [0.717, 1.165) is 45.2 Å². The molecule has 2 bridgehead atoms. The van der Waals surface area contributed by atoms with E-state index in [2.05, 4.69) is 12.2 Å². The Morgan fingerprint density at radius 3 is 2.00 bits per heavy atom. The van der Waals surface area contributed by atoms with Crippen molar-refractivity contribution in [3.63, 3.8) is 0 Å². The van der Waals surface area contributed by atoms with Crippen molar-refractivity contribution in [3.05, 3.63) is 12.2 Å². The first-order chi connectivity index (χ1) is 11.1. The van der Waals surface area contributed by atoms with Gasteiger partial charge < -0.3 is 4.90 Å². The molecule has 124 valence electrons. The third kappa shape index (κ3) is 2.16. The summed E-state index contributed by atoms with van der Waals surface area (Å²) in [6.45, 7) is 3.22. The van der Waals surface area contributed by atoms with Crippen LogP contribution in [0.2, 0.25) is 0 Å². The number of carbonyl (C=O) groups excluding carboxylic acids is 3. The minimum absolute atomic E-state index is 0.0645. The first-order valence-electron chi connectivity index (χ1n) is 8.93. The molecular weight excluding hydrogens is 292 g/mol. The van der Waals surface area contributed by atoms with Gasteiger partial charge in [-0.05, 0) is 50.9 Å². The fraction of sp³-hybridized carbons (Fsp3) is 0.722. The number of carbonyl (C=O) groups is 3. The highest BCUT2D eigenvalue weighted by molar-refractivity contribution is 6.09. The lowest BCUT2D eigenvalue weighted by Crippen LogP contribution is -2.51. The summed E-state index contributed by atoms with van der Waals surface area (Å²) in [4.78, 5) is 41.6. The number of imide groups is 1. The predicted molar refractivity (Wildman–Crippen MR) is 84.1 cm³/mol. The van der Waals surface area contributed by atoms with Gasteiger partial charge in [0.15, 0.2) is 0 Å². The molecule has 5 nitrogen and oxygen atoms in total. The maximum Gasteiger partial charge on any atom is 0.245 e. The van der Waals surface area contributed by atoms with Gasteiger partial charge in [0.25, 0.3) is 0 Å². The maximum atomic E-state index is 12.9. The third-order valence-corrected chi connectivity index (χ3v) is 6.21. The second-order valence-corrected chi connectivity index (χ2v) is 7.45. The summed E-state index contributed by atoms with van der Waals surface area (Å²) in [5.74, 6) is -0.364. The van der Waals surface area contributed by atoms with Crippen LogP contribution in [0.25, 0.3) is 0 Å². The van der Waals surface area contributed by atoms with Crippen LogP contribution in [0.3, 0.4) is 0 Å². The molecule has 0 aromatic heterocycles. The molecule has 3 aliphatic carbocycles.